The van der Waals surface area contributed by atoms with Crippen LogP contribution in [0.25, 0.3) is 21.9 Å². The van der Waals surface area contributed by atoms with E-state index in [0.29, 0.717) is 0 Å². The van der Waals surface area contributed by atoms with Crippen LogP contribution in [0, 0.1) is 0 Å². The molecular formula is C8H2O6. The topological polar surface area (TPSA) is 86.7 Å². The molecule has 0 saturated carbocycles. The average Bonchev–Trinajstić information content (AvgIpc) is 2.71. The lowest BCUT2D eigenvalue weighted by Crippen LogP contribution is -1.94. The first-order chi connectivity index (χ1) is 6.75. The van der Waals surface area contributed by atoms with E-state index in [1.165, 1.54) is 12.1 Å². The molecule has 1 aromatic carbocycles. The predicted molar refractivity (Wildman–Crippen MR) is 43.1 cm³/mol. The highest BCUT2D eigenvalue weighted by molar-refractivity contribution is 5.91. The molecule has 0 bridgehead atoms. The van der Waals surface area contributed by atoms with Crippen LogP contribution in [-0.4, -0.2) is 0 Å². The third-order valence-electron chi connectivity index (χ3n) is 1.94. The van der Waals surface area contributed by atoms with Gasteiger partial charge in [-0.05, 0) is 6.07 Å². The van der Waals surface area contributed by atoms with Crippen molar-refractivity contribution in [2.45, 2.75) is 0 Å². The molecule has 0 N–H and O–H groups in total. The Morgan fingerprint density at radius 2 is 1.21 bits per heavy atom. The molecule has 2 aromatic heterocycles. The predicted octanol–water partition coefficient (Wildman–Crippen LogP) is 1.09. The molecule has 6 heteroatoms. The molecule has 14 heavy (non-hydrogen) atoms. The van der Waals surface area contributed by atoms with Gasteiger partial charge in [-0.1, -0.05) is 0 Å². The first-order valence-corrected chi connectivity index (χ1v) is 3.71. The van der Waals surface area contributed by atoms with E-state index in [9.17, 15) is 9.59 Å². The summed E-state index contributed by atoms with van der Waals surface area (Å²) in [4.78, 5) is 22.1. The molecule has 0 radical (unpaired) electrons. The normalized spacial score (nSPS) is 11.4. The summed E-state index contributed by atoms with van der Waals surface area (Å²) in [6, 6.07) is 2.68. The summed E-state index contributed by atoms with van der Waals surface area (Å²) in [5, 5.41) is 0.373. The van der Waals surface area contributed by atoms with Crippen LogP contribution in [-0.2, 0) is 0 Å². The minimum atomic E-state index is -0.637. The van der Waals surface area contributed by atoms with Gasteiger partial charge < -0.3 is 0 Å². The van der Waals surface area contributed by atoms with Crippen molar-refractivity contribution in [2.24, 2.45) is 0 Å². The summed E-state index contributed by atoms with van der Waals surface area (Å²) < 4.78 is 17.7. The number of fused-ring (bicyclic) bond motifs is 2. The van der Waals surface area contributed by atoms with Crippen molar-refractivity contribution in [3.8, 4) is 0 Å². The number of benzene rings is 1. The Bertz CT molecular complexity index is 662. The zero-order valence-corrected chi connectivity index (χ0v) is 6.60. The third-order valence-corrected chi connectivity index (χ3v) is 1.94. The second kappa shape index (κ2) is 2.16. The summed E-state index contributed by atoms with van der Waals surface area (Å²) in [7, 11) is 0. The van der Waals surface area contributed by atoms with Gasteiger partial charge in [0.2, 0.25) is 0 Å². The van der Waals surface area contributed by atoms with Crippen LogP contribution in [0.2, 0.25) is 0 Å². The van der Waals surface area contributed by atoms with Gasteiger partial charge in [0.15, 0.2) is 11.2 Å². The Hall–Kier alpha value is -2.24. The van der Waals surface area contributed by atoms with E-state index in [-0.39, 0.29) is 21.9 Å². The molecule has 0 aliphatic carbocycles. The largest absolute Gasteiger partial charge is 0.390 e. The maximum Gasteiger partial charge on any atom is 0.390 e. The van der Waals surface area contributed by atoms with Crippen LogP contribution in [0.1, 0.15) is 0 Å². The fourth-order valence-corrected chi connectivity index (χ4v) is 1.27. The van der Waals surface area contributed by atoms with Gasteiger partial charge in [0.25, 0.3) is 0 Å². The molecule has 70 valence electrons. The summed E-state index contributed by atoms with van der Waals surface area (Å²) in [6.07, 6.45) is 0. The molecule has 3 rings (SSSR count). The Morgan fingerprint density at radius 1 is 0.714 bits per heavy atom. The fraction of sp³-hybridized carbons (Fsp3) is 0. The lowest BCUT2D eigenvalue weighted by Gasteiger charge is -1.80. The van der Waals surface area contributed by atoms with Crippen LogP contribution in [0.4, 0.5) is 0 Å². The van der Waals surface area contributed by atoms with Crippen LogP contribution in [0.3, 0.4) is 0 Å². The molecule has 0 unspecified atom stereocenters. The number of hydrogen-bond donors (Lipinski definition) is 0. The van der Waals surface area contributed by atoms with Gasteiger partial charge in [0.1, 0.15) is 10.8 Å². The molecule has 3 aromatic rings. The van der Waals surface area contributed by atoms with Gasteiger partial charge in [0.05, 0.1) is 0 Å². The first kappa shape index (κ1) is 7.19. The molecule has 2 heterocycles. The highest BCUT2D eigenvalue weighted by Gasteiger charge is 2.13. The van der Waals surface area contributed by atoms with E-state index in [1.807, 2.05) is 0 Å². The molecule has 0 aliphatic rings. The van der Waals surface area contributed by atoms with Crippen molar-refractivity contribution in [1.29, 1.82) is 0 Å². The molecule has 0 atom stereocenters. The van der Waals surface area contributed by atoms with E-state index in [1.54, 1.807) is 0 Å². The maximum atomic E-state index is 11.0. The fourth-order valence-electron chi connectivity index (χ4n) is 1.27. The number of hydrogen-bond acceptors (Lipinski definition) is 6. The minimum absolute atomic E-state index is 0.186. The summed E-state index contributed by atoms with van der Waals surface area (Å²) >= 11 is 0. The summed E-state index contributed by atoms with van der Waals surface area (Å²) in [6.45, 7) is 0. The van der Waals surface area contributed by atoms with Gasteiger partial charge in [-0.15, -0.1) is 0 Å². The van der Waals surface area contributed by atoms with Gasteiger partial charge in [0, 0.05) is 6.07 Å². The Balaban J connectivity index is 2.70. The lowest BCUT2D eigenvalue weighted by molar-refractivity contribution is 0.0624. The van der Waals surface area contributed by atoms with Gasteiger partial charge in [-0.3, -0.25) is 9.15 Å². The van der Waals surface area contributed by atoms with E-state index >= 15 is 0 Å². The average molecular weight is 194 g/mol. The Labute approximate surface area is 74.2 Å². The smallest absolute Gasteiger partial charge is 0.286 e. The Morgan fingerprint density at radius 3 is 1.71 bits per heavy atom. The molecule has 6 nitrogen and oxygen atoms in total. The highest BCUT2D eigenvalue weighted by Crippen LogP contribution is 2.18. The van der Waals surface area contributed by atoms with Gasteiger partial charge in [-0.2, -0.15) is 0 Å². The van der Waals surface area contributed by atoms with Crippen molar-refractivity contribution >= 4 is 21.9 Å². The summed E-state index contributed by atoms with van der Waals surface area (Å²) in [5.41, 5.74) is -0.843. The molecule has 0 amide bonds. The van der Waals surface area contributed by atoms with E-state index in [0.717, 1.165) is 0 Å². The van der Waals surface area contributed by atoms with Gasteiger partial charge >= 0.3 is 11.3 Å². The molecule has 0 saturated heterocycles. The van der Waals surface area contributed by atoms with E-state index in [2.05, 4.69) is 18.3 Å². The van der Waals surface area contributed by atoms with Crippen molar-refractivity contribution in [1.82, 2.24) is 0 Å². The van der Waals surface area contributed by atoms with Crippen molar-refractivity contribution in [3.63, 3.8) is 0 Å². The SMILES string of the molecule is O=c1ooc2cc3ooc(=O)c3cc12. The zero-order valence-electron chi connectivity index (χ0n) is 6.60. The van der Waals surface area contributed by atoms with Crippen molar-refractivity contribution < 1.29 is 18.3 Å². The second-order valence-electron chi connectivity index (χ2n) is 2.75. The van der Waals surface area contributed by atoms with E-state index < -0.39 is 11.3 Å². The standard InChI is InChI=1S/C8H2O6/c9-7-3-1-4-6(12-14-8(4)10)2-5(3)11-13-7/h1-2H. The number of rotatable bonds is 0. The molecule has 0 aliphatic heterocycles. The monoisotopic (exact) mass is 194 g/mol. The molecule has 0 fully saturated rings. The van der Waals surface area contributed by atoms with Crippen LogP contribution in [0.5, 0.6) is 0 Å². The quantitative estimate of drug-likeness (QED) is 0.497. The van der Waals surface area contributed by atoms with Crippen molar-refractivity contribution in [2.75, 3.05) is 0 Å². The first-order valence-electron chi connectivity index (χ1n) is 3.71. The highest BCUT2D eigenvalue weighted by atomic mass is 17.0. The van der Waals surface area contributed by atoms with Crippen molar-refractivity contribution in [3.05, 3.63) is 33.0 Å². The Kier molecular flexibility index (Phi) is 1.11. The van der Waals surface area contributed by atoms with Crippen LogP contribution in [0.15, 0.2) is 40.0 Å². The van der Waals surface area contributed by atoms with Crippen LogP contribution >= 0.6 is 0 Å². The molecular weight excluding hydrogens is 192 g/mol. The lowest BCUT2D eigenvalue weighted by atomic mass is 10.2. The van der Waals surface area contributed by atoms with Gasteiger partial charge in [-0.25, -0.2) is 18.7 Å². The second-order valence-corrected chi connectivity index (χ2v) is 2.75. The van der Waals surface area contributed by atoms with Crippen LogP contribution < -0.4 is 11.3 Å². The zero-order chi connectivity index (χ0) is 9.71. The molecule has 0 spiro atoms. The minimum Gasteiger partial charge on any atom is -0.286 e. The maximum absolute atomic E-state index is 11.0. The van der Waals surface area contributed by atoms with E-state index in [4.69, 9.17) is 0 Å². The third kappa shape index (κ3) is 0.743. The summed E-state index contributed by atoms with van der Waals surface area (Å²) in [5.74, 6) is 0.